The van der Waals surface area contributed by atoms with E-state index in [1.807, 2.05) is 10.9 Å². The molecule has 1 aliphatic heterocycles. The van der Waals surface area contributed by atoms with Crippen LogP contribution in [0.4, 0.5) is 0 Å². The average Bonchev–Trinajstić information content (AvgIpc) is 3.15. The molecule has 1 atom stereocenters. The number of piperazine rings is 1. The first-order valence-corrected chi connectivity index (χ1v) is 10.3. The van der Waals surface area contributed by atoms with Crippen molar-refractivity contribution in [2.45, 2.75) is 52.9 Å². The first kappa shape index (κ1) is 20.8. The molecule has 1 aromatic heterocycles. The van der Waals surface area contributed by atoms with E-state index in [0.717, 1.165) is 51.4 Å². The minimum atomic E-state index is 0.226. The van der Waals surface area contributed by atoms with Gasteiger partial charge in [0.15, 0.2) is 0 Å². The maximum absolute atomic E-state index is 9.61. The second-order valence-corrected chi connectivity index (χ2v) is 7.75. The summed E-state index contributed by atoms with van der Waals surface area (Å²) >= 11 is 0. The van der Waals surface area contributed by atoms with Gasteiger partial charge in [-0.05, 0) is 49.9 Å². The number of rotatable bonds is 8. The zero-order valence-corrected chi connectivity index (χ0v) is 17.7. The average molecular weight is 387 g/mol. The van der Waals surface area contributed by atoms with Crippen LogP contribution < -0.4 is 4.74 Å². The molecule has 0 amide bonds. The van der Waals surface area contributed by atoms with Crippen molar-refractivity contribution in [3.63, 3.8) is 0 Å². The summed E-state index contributed by atoms with van der Waals surface area (Å²) in [5, 5.41) is 14.0. The fourth-order valence-corrected chi connectivity index (χ4v) is 4.11. The van der Waals surface area contributed by atoms with Crippen molar-refractivity contribution >= 4 is 0 Å². The molecule has 2 heterocycles. The highest BCUT2D eigenvalue weighted by Crippen LogP contribution is 2.26. The van der Waals surface area contributed by atoms with Crippen LogP contribution >= 0.6 is 0 Å². The number of hydrogen-bond donors (Lipinski definition) is 1. The summed E-state index contributed by atoms with van der Waals surface area (Å²) in [4.78, 5) is 5.01. The van der Waals surface area contributed by atoms with Crippen molar-refractivity contribution in [1.82, 2.24) is 19.6 Å². The van der Waals surface area contributed by atoms with Crippen LogP contribution in [0.25, 0.3) is 0 Å². The molecule has 6 nitrogen and oxygen atoms in total. The van der Waals surface area contributed by atoms with Crippen molar-refractivity contribution < 1.29 is 9.84 Å². The highest BCUT2D eigenvalue weighted by atomic mass is 16.5. The number of aryl methyl sites for hydroxylation is 1. The van der Waals surface area contributed by atoms with Gasteiger partial charge in [0.1, 0.15) is 5.75 Å². The standard InChI is InChI=1S/C22H34N4O2/c1-5-26-14-19(12-23-26)13-24-9-10-25(21(16-24)8-11-27)15-20-6-7-22(28-4)18(3)17(20)2/h6-7,12,14,21,27H,5,8-11,13,15-16H2,1-4H3/t21-/m0/s1. The van der Waals surface area contributed by atoms with Gasteiger partial charge in [-0.15, -0.1) is 0 Å². The number of aliphatic hydroxyl groups is 1. The van der Waals surface area contributed by atoms with Crippen LogP contribution in [-0.4, -0.2) is 64.1 Å². The van der Waals surface area contributed by atoms with Crippen molar-refractivity contribution in [2.75, 3.05) is 33.4 Å². The zero-order valence-electron chi connectivity index (χ0n) is 17.7. The van der Waals surface area contributed by atoms with E-state index in [0.29, 0.717) is 6.04 Å². The van der Waals surface area contributed by atoms with Crippen LogP contribution in [0.15, 0.2) is 24.5 Å². The maximum Gasteiger partial charge on any atom is 0.122 e. The molecule has 0 aliphatic carbocycles. The number of ether oxygens (including phenoxy) is 1. The smallest absolute Gasteiger partial charge is 0.122 e. The SMILES string of the molecule is CCn1cc(CN2CCN(Cc3ccc(OC)c(C)c3C)[C@@H](CCO)C2)cn1. The van der Waals surface area contributed by atoms with E-state index >= 15 is 0 Å². The lowest BCUT2D eigenvalue weighted by atomic mass is 10.00. The molecule has 6 heteroatoms. The van der Waals surface area contributed by atoms with Crippen molar-refractivity contribution in [1.29, 1.82) is 0 Å². The highest BCUT2D eigenvalue weighted by Gasteiger charge is 2.27. The number of nitrogens with zero attached hydrogens (tertiary/aromatic N) is 4. The van der Waals surface area contributed by atoms with Gasteiger partial charge < -0.3 is 9.84 Å². The summed E-state index contributed by atoms with van der Waals surface area (Å²) in [5.41, 5.74) is 5.13. The van der Waals surface area contributed by atoms with E-state index in [4.69, 9.17) is 4.74 Å². The number of hydrogen-bond acceptors (Lipinski definition) is 5. The molecule has 1 aliphatic rings. The summed E-state index contributed by atoms with van der Waals surface area (Å²) < 4.78 is 7.43. The van der Waals surface area contributed by atoms with E-state index in [9.17, 15) is 5.11 Å². The van der Waals surface area contributed by atoms with Crippen LogP contribution in [0.1, 0.15) is 35.6 Å². The molecule has 0 bridgehead atoms. The monoisotopic (exact) mass is 386 g/mol. The Bertz CT molecular complexity index is 774. The third-order valence-electron chi connectivity index (χ3n) is 6.01. The molecule has 0 spiro atoms. The molecular weight excluding hydrogens is 352 g/mol. The molecule has 2 aromatic rings. The van der Waals surface area contributed by atoms with Crippen LogP contribution in [-0.2, 0) is 19.6 Å². The summed E-state index contributed by atoms with van der Waals surface area (Å²) in [6.45, 7) is 12.4. The fraction of sp³-hybridized carbons (Fsp3) is 0.591. The molecule has 1 fully saturated rings. The molecule has 28 heavy (non-hydrogen) atoms. The van der Waals surface area contributed by atoms with E-state index < -0.39 is 0 Å². The first-order valence-electron chi connectivity index (χ1n) is 10.3. The van der Waals surface area contributed by atoms with E-state index in [-0.39, 0.29) is 6.61 Å². The Morgan fingerprint density at radius 2 is 2.00 bits per heavy atom. The first-order chi connectivity index (χ1) is 13.5. The second kappa shape index (κ2) is 9.54. The van der Waals surface area contributed by atoms with Crippen molar-refractivity contribution in [3.8, 4) is 5.75 Å². The summed E-state index contributed by atoms with van der Waals surface area (Å²) in [7, 11) is 1.72. The largest absolute Gasteiger partial charge is 0.496 e. The van der Waals surface area contributed by atoms with E-state index in [2.05, 4.69) is 54.0 Å². The van der Waals surface area contributed by atoms with Crippen molar-refractivity contribution in [3.05, 3.63) is 46.8 Å². The zero-order chi connectivity index (χ0) is 20.1. The van der Waals surface area contributed by atoms with Gasteiger partial charge in [0.2, 0.25) is 0 Å². The quantitative estimate of drug-likeness (QED) is 0.756. The van der Waals surface area contributed by atoms with Gasteiger partial charge in [-0.25, -0.2) is 0 Å². The maximum atomic E-state index is 9.61. The number of methoxy groups -OCH3 is 1. The lowest BCUT2D eigenvalue weighted by Gasteiger charge is -2.41. The van der Waals surface area contributed by atoms with Crippen molar-refractivity contribution in [2.24, 2.45) is 0 Å². The molecule has 3 rings (SSSR count). The lowest BCUT2D eigenvalue weighted by Crippen LogP contribution is -2.52. The van der Waals surface area contributed by atoms with Gasteiger partial charge in [-0.3, -0.25) is 14.5 Å². The Labute approximate surface area is 168 Å². The second-order valence-electron chi connectivity index (χ2n) is 7.75. The Hall–Kier alpha value is -1.89. The fourth-order valence-electron chi connectivity index (χ4n) is 4.11. The third-order valence-corrected chi connectivity index (χ3v) is 6.01. The third kappa shape index (κ3) is 4.74. The number of aromatic nitrogens is 2. The van der Waals surface area contributed by atoms with Gasteiger partial charge in [0.25, 0.3) is 0 Å². The topological polar surface area (TPSA) is 53.8 Å². The molecule has 1 aromatic carbocycles. The molecule has 0 unspecified atom stereocenters. The van der Waals surface area contributed by atoms with Crippen LogP contribution in [0.5, 0.6) is 5.75 Å². The van der Waals surface area contributed by atoms with Gasteiger partial charge in [-0.2, -0.15) is 5.10 Å². The van der Waals surface area contributed by atoms with E-state index in [1.165, 1.54) is 22.3 Å². The Morgan fingerprint density at radius 3 is 2.68 bits per heavy atom. The lowest BCUT2D eigenvalue weighted by molar-refractivity contribution is 0.0498. The van der Waals surface area contributed by atoms with Gasteiger partial charge in [0.05, 0.1) is 13.3 Å². The summed E-state index contributed by atoms with van der Waals surface area (Å²) in [6, 6.07) is 4.62. The predicted octanol–water partition coefficient (Wildman–Crippen LogP) is 2.60. The normalized spacial score (nSPS) is 18.5. The molecule has 154 valence electrons. The molecule has 0 radical (unpaired) electrons. The van der Waals surface area contributed by atoms with Gasteiger partial charge >= 0.3 is 0 Å². The summed E-state index contributed by atoms with van der Waals surface area (Å²) in [6.07, 6.45) is 4.91. The van der Waals surface area contributed by atoms with Crippen LogP contribution in [0.2, 0.25) is 0 Å². The summed E-state index contributed by atoms with van der Waals surface area (Å²) in [5.74, 6) is 0.950. The number of benzene rings is 1. The molecule has 1 N–H and O–H groups in total. The highest BCUT2D eigenvalue weighted by molar-refractivity contribution is 5.43. The minimum Gasteiger partial charge on any atom is -0.496 e. The van der Waals surface area contributed by atoms with Gasteiger partial charge in [0, 0.05) is 63.7 Å². The molecular formula is C22H34N4O2. The Kier molecular flexibility index (Phi) is 7.10. The van der Waals surface area contributed by atoms with Gasteiger partial charge in [-0.1, -0.05) is 6.07 Å². The minimum absolute atomic E-state index is 0.226. The Balaban J connectivity index is 1.67. The van der Waals surface area contributed by atoms with Crippen LogP contribution in [0, 0.1) is 13.8 Å². The van der Waals surface area contributed by atoms with Crippen LogP contribution in [0.3, 0.4) is 0 Å². The number of aliphatic hydroxyl groups excluding tert-OH is 1. The Morgan fingerprint density at radius 1 is 1.18 bits per heavy atom. The molecule has 1 saturated heterocycles. The predicted molar refractivity (Wildman–Crippen MR) is 112 cm³/mol. The van der Waals surface area contributed by atoms with E-state index in [1.54, 1.807) is 7.11 Å². The molecule has 0 saturated carbocycles.